The van der Waals surface area contributed by atoms with Gasteiger partial charge < -0.3 is 31.5 Å². The van der Waals surface area contributed by atoms with E-state index < -0.39 is 0 Å². The van der Waals surface area contributed by atoms with Gasteiger partial charge in [-0.1, -0.05) is 6.07 Å². The quantitative estimate of drug-likeness (QED) is 0.513. The van der Waals surface area contributed by atoms with Gasteiger partial charge >= 0.3 is 0 Å². The normalized spacial score (nSPS) is 21.3. The molecule has 1 fully saturated rings. The van der Waals surface area contributed by atoms with Crippen molar-refractivity contribution in [3.63, 3.8) is 0 Å². The summed E-state index contributed by atoms with van der Waals surface area (Å²) in [5.41, 5.74) is 15.2. The zero-order valence-corrected chi connectivity index (χ0v) is 19.6. The zero-order chi connectivity index (χ0) is 23.5. The summed E-state index contributed by atoms with van der Waals surface area (Å²) in [6.45, 7) is 6.63. The first-order chi connectivity index (χ1) is 15.1. The molecule has 1 aromatic heterocycles. The van der Waals surface area contributed by atoms with Crippen molar-refractivity contribution in [3.8, 4) is 22.6 Å². The molecule has 172 valence electrons. The van der Waals surface area contributed by atoms with Gasteiger partial charge in [-0.25, -0.2) is 0 Å². The number of pyridine rings is 1. The van der Waals surface area contributed by atoms with Crippen LogP contribution in [0.15, 0.2) is 54.6 Å². The number of benzene rings is 1. The highest BCUT2D eigenvalue weighted by Crippen LogP contribution is 2.37. The third-order valence-corrected chi connectivity index (χ3v) is 5.98. The Morgan fingerprint density at radius 1 is 1.28 bits per heavy atom. The highest BCUT2D eigenvalue weighted by atomic mass is 16.5. The van der Waals surface area contributed by atoms with Crippen molar-refractivity contribution in [1.29, 1.82) is 0 Å². The molecule has 1 aliphatic heterocycles. The number of hydrogen-bond donors (Lipinski definition) is 4. The minimum Gasteiger partial charge on any atom is -0.507 e. The monoisotopic (exact) mass is 437 g/mol. The highest BCUT2D eigenvalue weighted by Gasteiger charge is 2.33. The van der Waals surface area contributed by atoms with Crippen LogP contribution in [0, 0.1) is 0 Å². The number of methoxy groups -OCH3 is 1. The van der Waals surface area contributed by atoms with E-state index in [2.05, 4.69) is 36.0 Å². The van der Waals surface area contributed by atoms with Gasteiger partial charge in [0.1, 0.15) is 11.5 Å². The van der Waals surface area contributed by atoms with Crippen molar-refractivity contribution >= 4 is 5.70 Å². The minimum atomic E-state index is 0.0335. The predicted molar refractivity (Wildman–Crippen MR) is 130 cm³/mol. The number of hydrogen-bond acceptors (Lipinski definition) is 7. The Bertz CT molecular complexity index is 1000. The van der Waals surface area contributed by atoms with E-state index in [1.807, 2.05) is 25.2 Å². The van der Waals surface area contributed by atoms with E-state index in [4.69, 9.17) is 16.2 Å². The predicted octanol–water partition coefficient (Wildman–Crippen LogP) is 3.41. The van der Waals surface area contributed by atoms with Crippen molar-refractivity contribution in [2.45, 2.75) is 51.2 Å². The van der Waals surface area contributed by atoms with Gasteiger partial charge in [0.15, 0.2) is 0 Å². The third kappa shape index (κ3) is 5.34. The second kappa shape index (κ2) is 9.53. The van der Waals surface area contributed by atoms with E-state index in [-0.39, 0.29) is 11.3 Å². The molecule has 0 radical (unpaired) electrons. The summed E-state index contributed by atoms with van der Waals surface area (Å²) in [7, 11) is 3.56. The summed E-state index contributed by atoms with van der Waals surface area (Å²) < 4.78 is 5.52. The van der Waals surface area contributed by atoms with Crippen LogP contribution in [-0.4, -0.2) is 46.8 Å². The number of phenols is 1. The lowest BCUT2D eigenvalue weighted by molar-refractivity contribution is 0.142. The summed E-state index contributed by atoms with van der Waals surface area (Å²) >= 11 is 0. The standard InChI is InChI=1S/C25H35N5O2/c1-16-11-19(14-25(2,3)29-16)30(4)23(27)9-8-20(26)24-21(31)12-18(13-22(24)32-5)17-7-6-10-28-15-17/h6-10,12-13,15-16,19,29,31H,11,14,26-27H2,1-5H3/b20-8-,23-9+. The van der Waals surface area contributed by atoms with Gasteiger partial charge in [-0.3, -0.25) is 4.98 Å². The Morgan fingerprint density at radius 3 is 2.66 bits per heavy atom. The van der Waals surface area contributed by atoms with Gasteiger partial charge in [-0.15, -0.1) is 0 Å². The lowest BCUT2D eigenvalue weighted by atomic mass is 9.85. The molecule has 2 unspecified atom stereocenters. The minimum absolute atomic E-state index is 0.0335. The van der Waals surface area contributed by atoms with Crippen molar-refractivity contribution < 1.29 is 9.84 Å². The third-order valence-electron chi connectivity index (χ3n) is 5.98. The molecule has 1 aliphatic rings. The number of phenolic OH excluding ortho intramolecular Hbond substituents is 1. The number of aromatic hydroxyl groups is 1. The molecular formula is C25H35N5O2. The molecular weight excluding hydrogens is 402 g/mol. The molecule has 7 heteroatoms. The number of aromatic nitrogens is 1. The van der Waals surface area contributed by atoms with E-state index in [0.717, 1.165) is 24.0 Å². The molecule has 2 aromatic rings. The van der Waals surface area contributed by atoms with Crippen molar-refractivity contribution in [2.24, 2.45) is 11.5 Å². The topological polar surface area (TPSA) is 110 Å². The molecule has 32 heavy (non-hydrogen) atoms. The van der Waals surface area contributed by atoms with Crippen LogP contribution in [0.2, 0.25) is 0 Å². The van der Waals surface area contributed by atoms with Gasteiger partial charge in [-0.05, 0) is 69.5 Å². The molecule has 0 saturated carbocycles. The lowest BCUT2D eigenvalue weighted by Gasteiger charge is -2.44. The summed E-state index contributed by atoms with van der Waals surface area (Å²) in [5, 5.41) is 14.3. The van der Waals surface area contributed by atoms with Crippen LogP contribution in [0.4, 0.5) is 0 Å². The largest absolute Gasteiger partial charge is 0.507 e. The Morgan fingerprint density at radius 2 is 2.03 bits per heavy atom. The summed E-state index contributed by atoms with van der Waals surface area (Å²) in [6, 6.07) is 8.00. The zero-order valence-electron chi connectivity index (χ0n) is 19.6. The Hall–Kier alpha value is -3.19. The molecule has 0 bridgehead atoms. The fraction of sp³-hybridized carbons (Fsp3) is 0.400. The lowest BCUT2D eigenvalue weighted by Crippen LogP contribution is -2.56. The first-order valence-corrected chi connectivity index (χ1v) is 10.9. The number of nitrogens with one attached hydrogen (secondary N) is 1. The number of rotatable bonds is 6. The summed E-state index contributed by atoms with van der Waals surface area (Å²) in [4.78, 5) is 6.24. The van der Waals surface area contributed by atoms with Crippen molar-refractivity contribution in [3.05, 3.63) is 60.2 Å². The van der Waals surface area contributed by atoms with E-state index >= 15 is 0 Å². The summed E-state index contributed by atoms with van der Waals surface area (Å²) in [5.74, 6) is 1.13. The maximum absolute atomic E-state index is 10.7. The van der Waals surface area contributed by atoms with Gasteiger partial charge in [0.05, 0.1) is 18.5 Å². The number of piperidine rings is 1. The number of ether oxygens (including phenoxy) is 1. The van der Waals surface area contributed by atoms with Gasteiger partial charge in [0, 0.05) is 48.3 Å². The fourth-order valence-corrected chi connectivity index (χ4v) is 4.50. The average molecular weight is 438 g/mol. The maximum atomic E-state index is 10.7. The first-order valence-electron chi connectivity index (χ1n) is 10.9. The van der Waals surface area contributed by atoms with E-state index in [1.165, 1.54) is 0 Å². The number of nitrogens with two attached hydrogens (primary N) is 2. The van der Waals surface area contributed by atoms with E-state index in [1.54, 1.807) is 37.7 Å². The molecule has 0 amide bonds. The number of allylic oxidation sites excluding steroid dienone is 2. The smallest absolute Gasteiger partial charge is 0.132 e. The van der Waals surface area contributed by atoms with Crippen LogP contribution in [0.25, 0.3) is 16.8 Å². The van der Waals surface area contributed by atoms with Crippen LogP contribution in [0.5, 0.6) is 11.5 Å². The van der Waals surface area contributed by atoms with Gasteiger partial charge in [0.2, 0.25) is 0 Å². The summed E-state index contributed by atoms with van der Waals surface area (Å²) in [6.07, 6.45) is 8.93. The highest BCUT2D eigenvalue weighted by molar-refractivity contribution is 5.79. The van der Waals surface area contributed by atoms with Crippen LogP contribution in [0.1, 0.15) is 39.2 Å². The van der Waals surface area contributed by atoms with Crippen LogP contribution in [0.3, 0.4) is 0 Å². The molecule has 0 spiro atoms. The van der Waals surface area contributed by atoms with Gasteiger partial charge in [0.25, 0.3) is 0 Å². The molecule has 2 atom stereocenters. The molecule has 2 heterocycles. The van der Waals surface area contributed by atoms with Crippen LogP contribution >= 0.6 is 0 Å². The van der Waals surface area contributed by atoms with Crippen molar-refractivity contribution in [2.75, 3.05) is 14.2 Å². The Labute approximate surface area is 190 Å². The second-order valence-corrected chi connectivity index (χ2v) is 9.16. The Balaban J connectivity index is 1.85. The number of nitrogens with zero attached hydrogens (tertiary/aromatic N) is 2. The molecule has 3 rings (SSSR count). The molecule has 7 nitrogen and oxygen atoms in total. The van der Waals surface area contributed by atoms with Crippen LogP contribution < -0.4 is 21.5 Å². The van der Waals surface area contributed by atoms with Gasteiger partial charge in [-0.2, -0.15) is 0 Å². The van der Waals surface area contributed by atoms with Crippen LogP contribution in [-0.2, 0) is 0 Å². The molecule has 1 saturated heterocycles. The van der Waals surface area contributed by atoms with Crippen molar-refractivity contribution in [1.82, 2.24) is 15.2 Å². The van der Waals surface area contributed by atoms with E-state index in [9.17, 15) is 5.11 Å². The molecule has 1 aromatic carbocycles. The average Bonchev–Trinajstić information content (AvgIpc) is 2.75. The first kappa shape index (κ1) is 23.5. The second-order valence-electron chi connectivity index (χ2n) is 9.16. The molecule has 0 aliphatic carbocycles. The SMILES string of the molecule is COc1cc(-c2cccnc2)cc(O)c1/C(N)=C/C=C(\N)N(C)C1CC(C)NC(C)(C)C1. The maximum Gasteiger partial charge on any atom is 0.132 e. The fourth-order valence-electron chi connectivity index (χ4n) is 4.50. The van der Waals surface area contributed by atoms with E-state index in [0.29, 0.717) is 34.9 Å². The molecule has 6 N–H and O–H groups in total. The Kier molecular flexibility index (Phi) is 6.99.